The van der Waals surface area contributed by atoms with Crippen LogP contribution in [0.2, 0.25) is 0 Å². The number of anilines is 1. The Kier molecular flexibility index (Phi) is 2.88. The summed E-state index contributed by atoms with van der Waals surface area (Å²) in [5.74, 6) is -0.371. The van der Waals surface area contributed by atoms with Crippen LogP contribution in [0.3, 0.4) is 0 Å². The summed E-state index contributed by atoms with van der Waals surface area (Å²) in [5.41, 5.74) is 3.17. The molecule has 1 aliphatic rings. The van der Waals surface area contributed by atoms with Crippen molar-refractivity contribution in [3.63, 3.8) is 0 Å². The zero-order chi connectivity index (χ0) is 12.6. The van der Waals surface area contributed by atoms with Crippen LogP contribution in [-0.2, 0) is 4.79 Å². The molecule has 3 amide bonds. The van der Waals surface area contributed by atoms with E-state index in [1.807, 2.05) is 39.0 Å². The number of nitrogens with one attached hydrogen (secondary N) is 1. The molecule has 1 N–H and O–H groups in total. The highest BCUT2D eigenvalue weighted by Crippen LogP contribution is 2.21. The minimum atomic E-state index is -0.337. The number of rotatable bonds is 1. The molecule has 0 spiro atoms. The standard InChI is InChI=1S/C13H16N2O2/c1-8-4-5-11(6-9(8)2)15-7-10(3)12(16)14-13(15)17/h4-6,10H,7H2,1-3H3,(H,14,16,17). The molecule has 4 nitrogen and oxygen atoms in total. The van der Waals surface area contributed by atoms with Crippen LogP contribution >= 0.6 is 0 Å². The Bertz CT molecular complexity index is 482. The van der Waals surface area contributed by atoms with Crippen molar-refractivity contribution in [2.24, 2.45) is 5.92 Å². The number of hydrogen-bond acceptors (Lipinski definition) is 2. The van der Waals surface area contributed by atoms with Crippen LogP contribution in [0, 0.1) is 19.8 Å². The number of carbonyl (C=O) groups is 2. The van der Waals surface area contributed by atoms with E-state index in [0.29, 0.717) is 6.54 Å². The smallest absolute Gasteiger partial charge is 0.293 e. The van der Waals surface area contributed by atoms with Crippen molar-refractivity contribution in [3.8, 4) is 0 Å². The molecular formula is C13H16N2O2. The molecule has 0 aliphatic carbocycles. The summed E-state index contributed by atoms with van der Waals surface area (Å²) in [6, 6.07) is 5.53. The van der Waals surface area contributed by atoms with E-state index in [9.17, 15) is 9.59 Å². The Morgan fingerprint density at radius 3 is 2.59 bits per heavy atom. The predicted molar refractivity (Wildman–Crippen MR) is 66.0 cm³/mol. The van der Waals surface area contributed by atoms with E-state index in [1.54, 1.807) is 4.90 Å². The van der Waals surface area contributed by atoms with Gasteiger partial charge in [0.15, 0.2) is 0 Å². The first kappa shape index (κ1) is 11.6. The van der Waals surface area contributed by atoms with Crippen LogP contribution in [0.5, 0.6) is 0 Å². The molecule has 1 unspecified atom stereocenters. The Morgan fingerprint density at radius 1 is 1.24 bits per heavy atom. The molecule has 1 fully saturated rings. The Hall–Kier alpha value is -1.84. The van der Waals surface area contributed by atoms with Gasteiger partial charge in [0.05, 0.1) is 5.92 Å². The quantitative estimate of drug-likeness (QED) is 0.805. The van der Waals surface area contributed by atoms with Gasteiger partial charge >= 0.3 is 6.03 Å². The maximum absolute atomic E-state index is 11.7. The summed E-state index contributed by atoms with van der Waals surface area (Å²) < 4.78 is 0. The van der Waals surface area contributed by atoms with Gasteiger partial charge in [0.1, 0.15) is 0 Å². The van der Waals surface area contributed by atoms with Gasteiger partial charge in [0.2, 0.25) is 5.91 Å². The predicted octanol–water partition coefficient (Wildman–Crippen LogP) is 2.00. The van der Waals surface area contributed by atoms with Crippen molar-refractivity contribution in [2.45, 2.75) is 20.8 Å². The number of amides is 3. The van der Waals surface area contributed by atoms with Crippen molar-refractivity contribution in [1.82, 2.24) is 5.32 Å². The first-order valence-electron chi connectivity index (χ1n) is 5.68. The maximum atomic E-state index is 11.7. The minimum Gasteiger partial charge on any atom is -0.293 e. The number of nitrogens with zero attached hydrogens (tertiary/aromatic N) is 1. The highest BCUT2D eigenvalue weighted by Gasteiger charge is 2.29. The fraction of sp³-hybridized carbons (Fsp3) is 0.385. The van der Waals surface area contributed by atoms with Gasteiger partial charge in [-0.3, -0.25) is 15.0 Å². The molecule has 1 saturated heterocycles. The Morgan fingerprint density at radius 2 is 1.94 bits per heavy atom. The van der Waals surface area contributed by atoms with E-state index in [1.165, 1.54) is 5.56 Å². The van der Waals surface area contributed by atoms with E-state index in [0.717, 1.165) is 11.3 Å². The van der Waals surface area contributed by atoms with Crippen LogP contribution < -0.4 is 10.2 Å². The third kappa shape index (κ3) is 2.16. The third-order valence-corrected chi connectivity index (χ3v) is 3.18. The van der Waals surface area contributed by atoms with E-state index in [2.05, 4.69) is 5.32 Å². The zero-order valence-corrected chi connectivity index (χ0v) is 10.3. The molecule has 1 heterocycles. The summed E-state index contributed by atoms with van der Waals surface area (Å²) in [6.45, 7) is 6.29. The second-order valence-electron chi connectivity index (χ2n) is 4.57. The second kappa shape index (κ2) is 4.20. The fourth-order valence-corrected chi connectivity index (χ4v) is 1.85. The first-order valence-corrected chi connectivity index (χ1v) is 5.68. The fourth-order valence-electron chi connectivity index (χ4n) is 1.85. The Labute approximate surface area is 101 Å². The monoisotopic (exact) mass is 232 g/mol. The van der Waals surface area contributed by atoms with Crippen molar-refractivity contribution in [3.05, 3.63) is 29.3 Å². The number of imide groups is 1. The van der Waals surface area contributed by atoms with Crippen molar-refractivity contribution < 1.29 is 9.59 Å². The van der Waals surface area contributed by atoms with Gasteiger partial charge < -0.3 is 0 Å². The molecule has 0 radical (unpaired) electrons. The van der Waals surface area contributed by atoms with E-state index in [-0.39, 0.29) is 17.9 Å². The normalized spacial score (nSPS) is 20.4. The van der Waals surface area contributed by atoms with Gasteiger partial charge in [0.25, 0.3) is 0 Å². The largest absolute Gasteiger partial charge is 0.328 e. The van der Waals surface area contributed by atoms with Crippen LogP contribution in [0.1, 0.15) is 18.1 Å². The molecule has 1 atom stereocenters. The number of carbonyl (C=O) groups excluding carboxylic acids is 2. The highest BCUT2D eigenvalue weighted by molar-refractivity contribution is 6.06. The lowest BCUT2D eigenvalue weighted by Crippen LogP contribution is -2.53. The molecule has 4 heteroatoms. The van der Waals surface area contributed by atoms with Crippen molar-refractivity contribution in [2.75, 3.05) is 11.4 Å². The lowest BCUT2D eigenvalue weighted by molar-refractivity contribution is -0.123. The molecule has 0 bridgehead atoms. The summed E-state index contributed by atoms with van der Waals surface area (Å²) >= 11 is 0. The molecule has 1 aliphatic heterocycles. The molecule has 0 saturated carbocycles. The molecule has 17 heavy (non-hydrogen) atoms. The van der Waals surface area contributed by atoms with Gasteiger partial charge in [-0.15, -0.1) is 0 Å². The van der Waals surface area contributed by atoms with Crippen LogP contribution in [0.25, 0.3) is 0 Å². The molecule has 2 rings (SSSR count). The SMILES string of the molecule is Cc1ccc(N2CC(C)C(=O)NC2=O)cc1C. The van der Waals surface area contributed by atoms with Gasteiger partial charge in [-0.25, -0.2) is 4.79 Å². The van der Waals surface area contributed by atoms with Crippen LogP contribution in [-0.4, -0.2) is 18.5 Å². The van der Waals surface area contributed by atoms with E-state index < -0.39 is 0 Å². The number of hydrogen-bond donors (Lipinski definition) is 1. The average Bonchev–Trinajstić information content (AvgIpc) is 2.27. The van der Waals surface area contributed by atoms with Gasteiger partial charge in [0, 0.05) is 12.2 Å². The number of aryl methyl sites for hydroxylation is 2. The topological polar surface area (TPSA) is 49.4 Å². The number of urea groups is 1. The number of benzene rings is 1. The average molecular weight is 232 g/mol. The van der Waals surface area contributed by atoms with Gasteiger partial charge in [-0.05, 0) is 37.1 Å². The van der Waals surface area contributed by atoms with Gasteiger partial charge in [-0.1, -0.05) is 13.0 Å². The van der Waals surface area contributed by atoms with E-state index >= 15 is 0 Å². The molecule has 1 aromatic carbocycles. The lowest BCUT2D eigenvalue weighted by atomic mass is 10.1. The van der Waals surface area contributed by atoms with Crippen LogP contribution in [0.4, 0.5) is 10.5 Å². The van der Waals surface area contributed by atoms with E-state index in [4.69, 9.17) is 0 Å². The summed E-state index contributed by atoms with van der Waals surface area (Å²) in [6.07, 6.45) is 0. The molecule has 1 aromatic rings. The summed E-state index contributed by atoms with van der Waals surface area (Å²) in [7, 11) is 0. The maximum Gasteiger partial charge on any atom is 0.328 e. The summed E-state index contributed by atoms with van der Waals surface area (Å²) in [5, 5.41) is 2.36. The zero-order valence-electron chi connectivity index (χ0n) is 10.3. The molecule has 0 aromatic heterocycles. The second-order valence-corrected chi connectivity index (χ2v) is 4.57. The highest BCUT2D eigenvalue weighted by atomic mass is 16.2. The minimum absolute atomic E-state index is 0.172. The van der Waals surface area contributed by atoms with Crippen LogP contribution in [0.15, 0.2) is 18.2 Å². The van der Waals surface area contributed by atoms with Gasteiger partial charge in [-0.2, -0.15) is 0 Å². The summed E-state index contributed by atoms with van der Waals surface area (Å²) in [4.78, 5) is 24.7. The molecule has 90 valence electrons. The lowest BCUT2D eigenvalue weighted by Gasteiger charge is -2.30. The first-order chi connectivity index (χ1) is 7.99. The Balaban J connectivity index is 2.30. The third-order valence-electron chi connectivity index (χ3n) is 3.18. The van der Waals surface area contributed by atoms with Crippen molar-refractivity contribution >= 4 is 17.6 Å². The van der Waals surface area contributed by atoms with Crippen molar-refractivity contribution in [1.29, 1.82) is 0 Å². The molecular weight excluding hydrogens is 216 g/mol.